The number of fused-ring (bicyclic) bond motifs is 1. The number of nitrogens with zero attached hydrogens (tertiary/aromatic N) is 2. The number of imidazole rings is 1. The zero-order valence-electron chi connectivity index (χ0n) is 7.04. The van der Waals surface area contributed by atoms with E-state index in [4.69, 9.17) is 5.11 Å². The largest absolute Gasteiger partial charge is 0.478 e. The fourth-order valence-electron chi connectivity index (χ4n) is 1.22. The second-order valence-corrected chi connectivity index (χ2v) is 2.75. The molecule has 0 amide bonds. The van der Waals surface area contributed by atoms with Gasteiger partial charge in [-0.2, -0.15) is 0 Å². The molecule has 0 aromatic carbocycles. The Morgan fingerprint density at radius 1 is 1.57 bits per heavy atom. The number of carboxylic acid groups (broad SMARTS) is 1. The lowest BCUT2D eigenvalue weighted by atomic mass is 10.3. The number of carbonyl (C=O) groups is 2. The van der Waals surface area contributed by atoms with Crippen LogP contribution in [0.3, 0.4) is 0 Å². The highest BCUT2D eigenvalue weighted by Gasteiger charge is 2.06. The summed E-state index contributed by atoms with van der Waals surface area (Å²) in [4.78, 5) is 25.0. The molecule has 70 valence electrons. The molecular weight excluding hydrogens is 184 g/mol. The van der Waals surface area contributed by atoms with Gasteiger partial charge in [0.1, 0.15) is 11.3 Å². The number of pyridine rings is 1. The minimum atomic E-state index is -1.01. The predicted octanol–water partition coefficient (Wildman–Crippen LogP) is 0.845. The second-order valence-electron chi connectivity index (χ2n) is 2.75. The molecule has 0 saturated heterocycles. The molecule has 0 bridgehead atoms. The SMILES string of the molecule is O=Cc1cnc2cc(C(=O)O)ccn12. The maximum Gasteiger partial charge on any atom is 0.335 e. The summed E-state index contributed by atoms with van der Waals surface area (Å²) in [5.74, 6) is -1.01. The van der Waals surface area contributed by atoms with E-state index in [0.717, 1.165) is 0 Å². The lowest BCUT2D eigenvalue weighted by Gasteiger charge is -1.96. The highest BCUT2D eigenvalue weighted by Crippen LogP contribution is 2.08. The number of carboxylic acids is 1. The molecule has 14 heavy (non-hydrogen) atoms. The maximum atomic E-state index is 10.6. The summed E-state index contributed by atoms with van der Waals surface area (Å²) in [7, 11) is 0. The molecule has 0 aliphatic heterocycles. The number of hydrogen-bond acceptors (Lipinski definition) is 3. The molecule has 0 aliphatic rings. The van der Waals surface area contributed by atoms with Crippen molar-refractivity contribution in [2.75, 3.05) is 0 Å². The number of aldehydes is 1. The van der Waals surface area contributed by atoms with E-state index in [-0.39, 0.29) is 5.56 Å². The maximum absolute atomic E-state index is 10.6. The van der Waals surface area contributed by atoms with Gasteiger partial charge < -0.3 is 5.11 Å². The molecule has 2 aromatic rings. The van der Waals surface area contributed by atoms with Gasteiger partial charge in [0.25, 0.3) is 0 Å². The molecular formula is C9H6N2O3. The van der Waals surface area contributed by atoms with Crippen molar-refractivity contribution in [2.45, 2.75) is 0 Å². The molecule has 1 N–H and O–H groups in total. The first-order valence-corrected chi connectivity index (χ1v) is 3.88. The van der Waals surface area contributed by atoms with Crippen LogP contribution >= 0.6 is 0 Å². The Hall–Kier alpha value is -2.17. The molecule has 2 heterocycles. The van der Waals surface area contributed by atoms with Crippen LogP contribution in [0.2, 0.25) is 0 Å². The summed E-state index contributed by atoms with van der Waals surface area (Å²) in [5.41, 5.74) is 1.00. The molecule has 0 saturated carbocycles. The third-order valence-corrected chi connectivity index (χ3v) is 1.91. The van der Waals surface area contributed by atoms with Crippen molar-refractivity contribution in [3.05, 3.63) is 35.8 Å². The first kappa shape index (κ1) is 8.43. The van der Waals surface area contributed by atoms with E-state index < -0.39 is 5.97 Å². The zero-order valence-corrected chi connectivity index (χ0v) is 7.04. The van der Waals surface area contributed by atoms with E-state index in [2.05, 4.69) is 4.98 Å². The van der Waals surface area contributed by atoms with Crippen LogP contribution in [0.5, 0.6) is 0 Å². The Morgan fingerprint density at radius 2 is 2.36 bits per heavy atom. The van der Waals surface area contributed by atoms with Crippen LogP contribution in [-0.2, 0) is 0 Å². The van der Waals surface area contributed by atoms with E-state index in [9.17, 15) is 9.59 Å². The van der Waals surface area contributed by atoms with E-state index in [1.807, 2.05) is 0 Å². The summed E-state index contributed by atoms with van der Waals surface area (Å²) in [5, 5.41) is 8.70. The smallest absolute Gasteiger partial charge is 0.335 e. The fraction of sp³-hybridized carbons (Fsp3) is 0. The number of rotatable bonds is 2. The van der Waals surface area contributed by atoms with Crippen LogP contribution in [0.25, 0.3) is 5.65 Å². The van der Waals surface area contributed by atoms with Gasteiger partial charge in [0, 0.05) is 6.20 Å². The van der Waals surface area contributed by atoms with Crippen molar-refractivity contribution in [3.8, 4) is 0 Å². The molecule has 0 radical (unpaired) electrons. The van der Waals surface area contributed by atoms with Gasteiger partial charge in [-0.3, -0.25) is 9.20 Å². The third kappa shape index (κ3) is 1.15. The molecule has 0 fully saturated rings. The molecule has 0 spiro atoms. The zero-order chi connectivity index (χ0) is 10.1. The third-order valence-electron chi connectivity index (χ3n) is 1.91. The van der Waals surface area contributed by atoms with Crippen LogP contribution in [0.4, 0.5) is 0 Å². The van der Waals surface area contributed by atoms with E-state index >= 15 is 0 Å². The lowest BCUT2D eigenvalue weighted by Crippen LogP contribution is -1.98. The van der Waals surface area contributed by atoms with Crippen LogP contribution in [0, 0.1) is 0 Å². The van der Waals surface area contributed by atoms with Crippen LogP contribution < -0.4 is 0 Å². The Morgan fingerprint density at radius 3 is 3.00 bits per heavy atom. The topological polar surface area (TPSA) is 71.7 Å². The molecule has 2 rings (SSSR count). The number of aromatic carboxylic acids is 1. The summed E-state index contributed by atoms with van der Waals surface area (Å²) < 4.78 is 1.53. The molecule has 0 atom stereocenters. The molecule has 0 aliphatic carbocycles. The highest BCUT2D eigenvalue weighted by atomic mass is 16.4. The van der Waals surface area contributed by atoms with E-state index in [1.165, 1.54) is 28.9 Å². The quantitative estimate of drug-likeness (QED) is 0.712. The summed E-state index contributed by atoms with van der Waals surface area (Å²) in [6.07, 6.45) is 3.57. The summed E-state index contributed by atoms with van der Waals surface area (Å²) >= 11 is 0. The molecule has 0 unspecified atom stereocenters. The fourth-order valence-corrected chi connectivity index (χ4v) is 1.22. The van der Waals surface area contributed by atoms with Crippen molar-refractivity contribution >= 4 is 17.9 Å². The minimum absolute atomic E-state index is 0.153. The standard InChI is InChI=1S/C9H6N2O3/c12-5-7-4-10-8-3-6(9(13)14)1-2-11(7)8/h1-5H,(H,13,14). The van der Waals surface area contributed by atoms with Gasteiger partial charge in [-0.05, 0) is 12.1 Å². The lowest BCUT2D eigenvalue weighted by molar-refractivity contribution is 0.0696. The second kappa shape index (κ2) is 2.95. The van der Waals surface area contributed by atoms with Crippen LogP contribution in [-0.4, -0.2) is 26.7 Å². The van der Waals surface area contributed by atoms with Gasteiger partial charge in [-0.15, -0.1) is 0 Å². The van der Waals surface area contributed by atoms with Gasteiger partial charge in [0.2, 0.25) is 0 Å². The normalized spacial score (nSPS) is 10.3. The summed E-state index contributed by atoms with van der Waals surface area (Å²) in [6.45, 7) is 0. The van der Waals surface area contributed by atoms with Gasteiger partial charge in [-0.1, -0.05) is 0 Å². The Balaban J connectivity index is 2.68. The van der Waals surface area contributed by atoms with Crippen LogP contribution in [0.1, 0.15) is 20.8 Å². The van der Waals surface area contributed by atoms with Crippen LogP contribution in [0.15, 0.2) is 24.5 Å². The molecule has 5 heteroatoms. The monoisotopic (exact) mass is 190 g/mol. The number of aromatic nitrogens is 2. The Labute approximate surface area is 78.6 Å². The average Bonchev–Trinajstić information content (AvgIpc) is 2.59. The van der Waals surface area contributed by atoms with Crippen molar-refractivity contribution in [3.63, 3.8) is 0 Å². The van der Waals surface area contributed by atoms with Gasteiger partial charge in [0.15, 0.2) is 6.29 Å². The summed E-state index contributed by atoms with van der Waals surface area (Å²) in [6, 6.07) is 2.83. The first-order chi connectivity index (χ1) is 6.72. The van der Waals surface area contributed by atoms with E-state index in [1.54, 1.807) is 0 Å². The molecule has 5 nitrogen and oxygen atoms in total. The van der Waals surface area contributed by atoms with Gasteiger partial charge in [-0.25, -0.2) is 9.78 Å². The average molecular weight is 190 g/mol. The highest BCUT2D eigenvalue weighted by molar-refractivity contribution is 5.89. The van der Waals surface area contributed by atoms with Gasteiger partial charge in [0.05, 0.1) is 11.8 Å². The van der Waals surface area contributed by atoms with Gasteiger partial charge >= 0.3 is 5.97 Å². The molecule has 2 aromatic heterocycles. The number of hydrogen-bond donors (Lipinski definition) is 1. The van der Waals surface area contributed by atoms with E-state index in [0.29, 0.717) is 17.6 Å². The van der Waals surface area contributed by atoms with Crippen molar-refractivity contribution in [2.24, 2.45) is 0 Å². The van der Waals surface area contributed by atoms with Crippen molar-refractivity contribution in [1.29, 1.82) is 0 Å². The van der Waals surface area contributed by atoms with Crippen molar-refractivity contribution in [1.82, 2.24) is 9.38 Å². The number of carbonyl (C=O) groups excluding carboxylic acids is 1. The first-order valence-electron chi connectivity index (χ1n) is 3.88. The minimum Gasteiger partial charge on any atom is -0.478 e. The van der Waals surface area contributed by atoms with Crippen molar-refractivity contribution < 1.29 is 14.7 Å². The Kier molecular flexibility index (Phi) is 1.78. The Bertz CT molecular complexity index is 516. The predicted molar refractivity (Wildman–Crippen MR) is 47.5 cm³/mol.